The minimum atomic E-state index is -0.466. The van der Waals surface area contributed by atoms with Crippen molar-refractivity contribution in [2.24, 2.45) is 5.73 Å². The van der Waals surface area contributed by atoms with Gasteiger partial charge in [-0.15, -0.1) is 0 Å². The standard InChI is InChI=1S/C12H14Cl2N2O2/c1-2-16(7-12(15)18)6-11(17)9-4-3-8(13)5-10(9)14/h3-5H,2,6-7H2,1H3,(H2,15,18). The first-order valence-electron chi connectivity index (χ1n) is 5.43. The van der Waals surface area contributed by atoms with Gasteiger partial charge in [0.15, 0.2) is 5.78 Å². The SMILES string of the molecule is CCN(CC(N)=O)CC(=O)c1ccc(Cl)cc1Cl. The molecule has 0 aliphatic rings. The van der Waals surface area contributed by atoms with Crippen LogP contribution in [-0.2, 0) is 4.79 Å². The molecule has 18 heavy (non-hydrogen) atoms. The minimum absolute atomic E-state index is 0.0491. The number of Topliss-reactive ketones (excluding diaryl/α,β-unsaturated/α-hetero) is 1. The Hall–Kier alpha value is -1.10. The number of rotatable bonds is 6. The molecule has 0 spiro atoms. The molecule has 0 atom stereocenters. The van der Waals surface area contributed by atoms with E-state index in [0.717, 1.165) is 0 Å². The first kappa shape index (κ1) is 15.0. The van der Waals surface area contributed by atoms with Crippen LogP contribution >= 0.6 is 23.2 Å². The summed E-state index contributed by atoms with van der Waals surface area (Å²) >= 11 is 11.7. The van der Waals surface area contributed by atoms with Crippen LogP contribution in [0.1, 0.15) is 17.3 Å². The molecule has 1 aromatic carbocycles. The lowest BCUT2D eigenvalue weighted by molar-refractivity contribution is -0.118. The molecular formula is C12H14Cl2N2O2. The number of benzene rings is 1. The number of carbonyl (C=O) groups is 2. The van der Waals surface area contributed by atoms with E-state index in [4.69, 9.17) is 28.9 Å². The number of amides is 1. The van der Waals surface area contributed by atoms with Crippen molar-refractivity contribution in [2.45, 2.75) is 6.92 Å². The third kappa shape index (κ3) is 4.29. The summed E-state index contributed by atoms with van der Waals surface area (Å²) in [5, 5.41) is 0.781. The van der Waals surface area contributed by atoms with Gasteiger partial charge in [-0.05, 0) is 24.7 Å². The number of primary amides is 1. The summed E-state index contributed by atoms with van der Waals surface area (Å²) in [5.41, 5.74) is 5.49. The summed E-state index contributed by atoms with van der Waals surface area (Å²) in [6, 6.07) is 4.69. The van der Waals surface area contributed by atoms with E-state index in [1.807, 2.05) is 6.92 Å². The highest BCUT2D eigenvalue weighted by Crippen LogP contribution is 2.21. The minimum Gasteiger partial charge on any atom is -0.369 e. The Labute approximate surface area is 116 Å². The summed E-state index contributed by atoms with van der Waals surface area (Å²) in [6.45, 7) is 2.55. The maximum absolute atomic E-state index is 12.0. The van der Waals surface area contributed by atoms with Crippen molar-refractivity contribution in [3.8, 4) is 0 Å². The Morgan fingerprint density at radius 2 is 1.94 bits per heavy atom. The Morgan fingerprint density at radius 1 is 1.28 bits per heavy atom. The number of hydrogen-bond donors (Lipinski definition) is 1. The summed E-state index contributed by atoms with van der Waals surface area (Å²) in [4.78, 5) is 24.5. The zero-order valence-electron chi connectivity index (χ0n) is 9.95. The smallest absolute Gasteiger partial charge is 0.231 e. The zero-order chi connectivity index (χ0) is 13.7. The molecule has 1 amide bonds. The monoisotopic (exact) mass is 288 g/mol. The number of likely N-dealkylation sites (N-methyl/N-ethyl adjacent to an activating group) is 1. The van der Waals surface area contributed by atoms with Gasteiger partial charge in [0.1, 0.15) is 0 Å². The molecule has 0 bridgehead atoms. The van der Waals surface area contributed by atoms with Crippen LogP contribution in [0.5, 0.6) is 0 Å². The predicted molar refractivity (Wildman–Crippen MR) is 72.1 cm³/mol. The van der Waals surface area contributed by atoms with E-state index in [9.17, 15) is 9.59 Å². The average Bonchev–Trinajstić information content (AvgIpc) is 2.27. The summed E-state index contributed by atoms with van der Waals surface area (Å²) < 4.78 is 0. The maximum atomic E-state index is 12.0. The highest BCUT2D eigenvalue weighted by Gasteiger charge is 2.15. The second-order valence-electron chi connectivity index (χ2n) is 3.82. The van der Waals surface area contributed by atoms with Gasteiger partial charge in [-0.2, -0.15) is 0 Å². The van der Waals surface area contributed by atoms with E-state index in [2.05, 4.69) is 0 Å². The van der Waals surface area contributed by atoms with Crippen molar-refractivity contribution in [1.29, 1.82) is 0 Å². The highest BCUT2D eigenvalue weighted by molar-refractivity contribution is 6.36. The van der Waals surface area contributed by atoms with Crippen LogP contribution in [0.25, 0.3) is 0 Å². The third-order valence-electron chi connectivity index (χ3n) is 2.43. The van der Waals surface area contributed by atoms with Crippen LogP contribution in [0.15, 0.2) is 18.2 Å². The molecule has 0 aromatic heterocycles. The van der Waals surface area contributed by atoms with Gasteiger partial charge in [0.25, 0.3) is 0 Å². The molecule has 0 saturated carbocycles. The van der Waals surface area contributed by atoms with Gasteiger partial charge >= 0.3 is 0 Å². The fourth-order valence-corrected chi connectivity index (χ4v) is 2.02. The number of nitrogens with two attached hydrogens (primary N) is 1. The molecular weight excluding hydrogens is 275 g/mol. The molecule has 0 fully saturated rings. The highest BCUT2D eigenvalue weighted by atomic mass is 35.5. The van der Waals surface area contributed by atoms with Crippen molar-refractivity contribution in [2.75, 3.05) is 19.6 Å². The normalized spacial score (nSPS) is 10.7. The molecule has 0 aliphatic carbocycles. The molecule has 0 aliphatic heterocycles. The van der Waals surface area contributed by atoms with Gasteiger partial charge in [0, 0.05) is 10.6 Å². The van der Waals surface area contributed by atoms with E-state index >= 15 is 0 Å². The Morgan fingerprint density at radius 3 is 2.44 bits per heavy atom. The van der Waals surface area contributed by atoms with Crippen LogP contribution in [0.3, 0.4) is 0 Å². The average molecular weight is 289 g/mol. The lowest BCUT2D eigenvalue weighted by Crippen LogP contribution is -2.37. The van der Waals surface area contributed by atoms with Gasteiger partial charge in [0.2, 0.25) is 5.91 Å². The van der Waals surface area contributed by atoms with Crippen LogP contribution in [0, 0.1) is 0 Å². The van der Waals surface area contributed by atoms with Crippen molar-refractivity contribution >= 4 is 34.9 Å². The molecule has 4 nitrogen and oxygen atoms in total. The third-order valence-corrected chi connectivity index (χ3v) is 2.97. The molecule has 0 radical (unpaired) electrons. The second kappa shape index (κ2) is 6.73. The predicted octanol–water partition coefficient (Wildman–Crippen LogP) is 1.98. The number of nitrogens with zero attached hydrogens (tertiary/aromatic N) is 1. The first-order valence-corrected chi connectivity index (χ1v) is 6.18. The van der Waals surface area contributed by atoms with Crippen molar-refractivity contribution in [3.05, 3.63) is 33.8 Å². The number of halogens is 2. The van der Waals surface area contributed by atoms with E-state index in [-0.39, 0.29) is 18.9 Å². The molecule has 98 valence electrons. The molecule has 0 saturated heterocycles. The molecule has 0 unspecified atom stereocenters. The van der Waals surface area contributed by atoms with E-state index < -0.39 is 5.91 Å². The van der Waals surface area contributed by atoms with Gasteiger partial charge in [-0.25, -0.2) is 0 Å². The Bertz CT molecular complexity index is 463. The quantitative estimate of drug-likeness (QED) is 0.814. The van der Waals surface area contributed by atoms with Crippen molar-refractivity contribution in [3.63, 3.8) is 0 Å². The van der Waals surface area contributed by atoms with Crippen LogP contribution < -0.4 is 5.73 Å². The van der Waals surface area contributed by atoms with Gasteiger partial charge in [0.05, 0.1) is 18.1 Å². The lowest BCUT2D eigenvalue weighted by atomic mass is 10.1. The summed E-state index contributed by atoms with van der Waals surface area (Å²) in [6.07, 6.45) is 0. The molecule has 0 heterocycles. The van der Waals surface area contributed by atoms with Gasteiger partial charge in [-0.1, -0.05) is 30.1 Å². The summed E-state index contributed by atoms with van der Waals surface area (Å²) in [5.74, 6) is -0.633. The van der Waals surface area contributed by atoms with E-state index in [0.29, 0.717) is 22.2 Å². The lowest BCUT2D eigenvalue weighted by Gasteiger charge is -2.17. The second-order valence-corrected chi connectivity index (χ2v) is 4.66. The van der Waals surface area contributed by atoms with Crippen molar-refractivity contribution in [1.82, 2.24) is 4.90 Å². The first-order chi connectivity index (χ1) is 8.43. The van der Waals surface area contributed by atoms with Gasteiger partial charge < -0.3 is 5.73 Å². The van der Waals surface area contributed by atoms with E-state index in [1.54, 1.807) is 17.0 Å². The molecule has 1 aromatic rings. The van der Waals surface area contributed by atoms with Crippen LogP contribution in [0.4, 0.5) is 0 Å². The van der Waals surface area contributed by atoms with Crippen molar-refractivity contribution < 1.29 is 9.59 Å². The number of ketones is 1. The molecule has 1 rings (SSSR count). The topological polar surface area (TPSA) is 63.4 Å². The maximum Gasteiger partial charge on any atom is 0.231 e. The molecule has 2 N–H and O–H groups in total. The fourth-order valence-electron chi connectivity index (χ4n) is 1.50. The van der Waals surface area contributed by atoms with E-state index in [1.165, 1.54) is 6.07 Å². The number of carbonyl (C=O) groups excluding carboxylic acids is 2. The largest absolute Gasteiger partial charge is 0.369 e. The Kier molecular flexibility index (Phi) is 5.59. The zero-order valence-corrected chi connectivity index (χ0v) is 11.5. The molecule has 6 heteroatoms. The van der Waals surface area contributed by atoms with Crippen LogP contribution in [0.2, 0.25) is 10.0 Å². The fraction of sp³-hybridized carbons (Fsp3) is 0.333. The number of hydrogen-bond acceptors (Lipinski definition) is 3. The van der Waals surface area contributed by atoms with Gasteiger partial charge in [-0.3, -0.25) is 14.5 Å². The Balaban J connectivity index is 2.77. The summed E-state index contributed by atoms with van der Waals surface area (Å²) in [7, 11) is 0. The van der Waals surface area contributed by atoms with Crippen LogP contribution in [-0.4, -0.2) is 36.2 Å².